The summed E-state index contributed by atoms with van der Waals surface area (Å²) < 4.78 is 26.5. The number of likely N-dealkylation sites (N-methyl/N-ethyl adjacent to an activating group) is 2. The van der Waals surface area contributed by atoms with Gasteiger partial charge in [-0.1, -0.05) is 0 Å². The first kappa shape index (κ1) is 17.7. The summed E-state index contributed by atoms with van der Waals surface area (Å²) in [6.45, 7) is 5.76. The van der Waals surface area contributed by atoms with Gasteiger partial charge in [0.25, 0.3) is 15.9 Å². The maximum Gasteiger partial charge on any atom is 0.282 e. The first-order valence-corrected chi connectivity index (χ1v) is 9.47. The highest BCUT2D eigenvalue weighted by Gasteiger charge is 2.41. The van der Waals surface area contributed by atoms with Gasteiger partial charge in [-0.3, -0.25) is 9.10 Å². The molecule has 0 saturated carbocycles. The van der Waals surface area contributed by atoms with Gasteiger partial charge in [-0.15, -0.1) is 0 Å². The quantitative estimate of drug-likeness (QED) is 0.770. The Morgan fingerprint density at radius 3 is 2.36 bits per heavy atom. The van der Waals surface area contributed by atoms with Gasteiger partial charge in [0.1, 0.15) is 0 Å². The van der Waals surface area contributed by atoms with Crippen LogP contribution in [0.25, 0.3) is 5.76 Å². The van der Waals surface area contributed by atoms with Crippen LogP contribution in [0.5, 0.6) is 0 Å². The third kappa shape index (κ3) is 2.77. The standard InChI is InChI=1S/C16H22N4O4S/c1-10-9-11(2)17-15-12(10)14(21)13(19(4)25(15,23)24)16(22)20-7-5-18(3)6-8-20/h9,21H,5-8H2,1-4H3. The second-order valence-electron chi connectivity index (χ2n) is 6.53. The number of hydrogen-bond acceptors (Lipinski definition) is 6. The van der Waals surface area contributed by atoms with Crippen LogP contribution in [-0.4, -0.2) is 78.8 Å². The molecule has 3 rings (SSSR count). The first-order valence-electron chi connectivity index (χ1n) is 8.03. The Morgan fingerprint density at radius 2 is 1.76 bits per heavy atom. The molecule has 136 valence electrons. The Morgan fingerprint density at radius 1 is 1.16 bits per heavy atom. The molecule has 1 aromatic rings. The normalized spacial score (nSPS) is 20.6. The molecule has 25 heavy (non-hydrogen) atoms. The third-order valence-electron chi connectivity index (χ3n) is 4.69. The number of sulfonamides is 1. The van der Waals surface area contributed by atoms with Crippen molar-refractivity contribution < 1.29 is 18.3 Å². The molecule has 2 aliphatic heterocycles. The molecule has 0 aliphatic carbocycles. The highest BCUT2D eigenvalue weighted by molar-refractivity contribution is 7.89. The molecule has 9 heteroatoms. The second-order valence-corrected chi connectivity index (χ2v) is 8.41. The lowest BCUT2D eigenvalue weighted by Gasteiger charge is -2.36. The number of nitrogens with zero attached hydrogens (tertiary/aromatic N) is 4. The molecule has 8 nitrogen and oxygen atoms in total. The highest BCUT2D eigenvalue weighted by Crippen LogP contribution is 2.36. The molecule has 0 bridgehead atoms. The van der Waals surface area contributed by atoms with Crippen LogP contribution in [0.1, 0.15) is 16.8 Å². The number of aromatic nitrogens is 1. The molecular weight excluding hydrogens is 344 g/mol. The van der Waals surface area contributed by atoms with Crippen molar-refractivity contribution >= 4 is 21.7 Å². The van der Waals surface area contributed by atoms with Crippen molar-refractivity contribution in [2.45, 2.75) is 18.9 Å². The van der Waals surface area contributed by atoms with Crippen molar-refractivity contribution in [2.75, 3.05) is 40.3 Å². The fourth-order valence-corrected chi connectivity index (χ4v) is 4.63. The smallest absolute Gasteiger partial charge is 0.282 e. The Bertz CT molecular complexity index is 870. The number of aryl methyl sites for hydroxylation is 2. The van der Waals surface area contributed by atoms with Crippen LogP contribution in [0, 0.1) is 13.8 Å². The average molecular weight is 366 g/mol. The molecule has 1 saturated heterocycles. The first-order chi connectivity index (χ1) is 11.6. The van der Waals surface area contributed by atoms with Gasteiger partial charge in [0.15, 0.2) is 16.5 Å². The van der Waals surface area contributed by atoms with Crippen LogP contribution in [-0.2, 0) is 14.8 Å². The summed E-state index contributed by atoms with van der Waals surface area (Å²) in [5.41, 5.74) is 1.00. The van der Waals surface area contributed by atoms with E-state index in [1.807, 2.05) is 7.05 Å². The zero-order chi connectivity index (χ0) is 18.5. The maximum absolute atomic E-state index is 12.9. The van der Waals surface area contributed by atoms with Crippen molar-refractivity contribution in [3.63, 3.8) is 0 Å². The zero-order valence-electron chi connectivity index (χ0n) is 14.8. The summed E-state index contributed by atoms with van der Waals surface area (Å²) in [4.78, 5) is 20.7. The van der Waals surface area contributed by atoms with E-state index in [2.05, 4.69) is 9.88 Å². The topological polar surface area (TPSA) is 94.0 Å². The number of aliphatic hydroxyl groups excluding tert-OH is 1. The van der Waals surface area contributed by atoms with Crippen LogP contribution >= 0.6 is 0 Å². The van der Waals surface area contributed by atoms with E-state index in [-0.39, 0.29) is 22.0 Å². The van der Waals surface area contributed by atoms with Crippen LogP contribution in [0.15, 0.2) is 16.8 Å². The van der Waals surface area contributed by atoms with Gasteiger partial charge < -0.3 is 14.9 Å². The molecule has 0 aromatic carbocycles. The average Bonchev–Trinajstić information content (AvgIpc) is 2.53. The fourth-order valence-electron chi connectivity index (χ4n) is 3.19. The lowest BCUT2D eigenvalue weighted by molar-refractivity contribution is -0.129. The molecule has 1 amide bonds. The molecule has 0 atom stereocenters. The Balaban J connectivity index is 2.14. The number of amides is 1. The van der Waals surface area contributed by atoms with E-state index in [0.29, 0.717) is 37.4 Å². The van der Waals surface area contributed by atoms with Gasteiger partial charge in [0.05, 0.1) is 5.56 Å². The van der Waals surface area contributed by atoms with Gasteiger partial charge >= 0.3 is 0 Å². The Hall–Kier alpha value is -2.13. The molecule has 0 unspecified atom stereocenters. The summed E-state index contributed by atoms with van der Waals surface area (Å²) >= 11 is 0. The van der Waals surface area contributed by atoms with E-state index in [1.165, 1.54) is 7.05 Å². The van der Waals surface area contributed by atoms with Crippen molar-refractivity contribution in [3.05, 3.63) is 28.6 Å². The highest BCUT2D eigenvalue weighted by atomic mass is 32.2. The van der Waals surface area contributed by atoms with E-state index in [9.17, 15) is 18.3 Å². The third-order valence-corrected chi connectivity index (χ3v) is 6.37. The SMILES string of the molecule is Cc1cc(C)c2c(n1)S(=O)(=O)N(C)C(C(=O)N1CCN(C)CC1)=C2O. The number of piperazine rings is 1. The zero-order valence-corrected chi connectivity index (χ0v) is 15.6. The maximum atomic E-state index is 12.9. The largest absolute Gasteiger partial charge is 0.505 e. The number of rotatable bonds is 1. The van der Waals surface area contributed by atoms with Gasteiger partial charge in [0.2, 0.25) is 0 Å². The van der Waals surface area contributed by atoms with Gasteiger partial charge in [0, 0.05) is 38.9 Å². The summed E-state index contributed by atoms with van der Waals surface area (Å²) in [5, 5.41) is 10.5. The molecule has 0 radical (unpaired) electrons. The van der Waals surface area contributed by atoms with E-state index < -0.39 is 15.9 Å². The summed E-state index contributed by atoms with van der Waals surface area (Å²) in [6.07, 6.45) is 0. The second kappa shape index (κ2) is 5.99. The Kier molecular flexibility index (Phi) is 4.24. The fraction of sp³-hybridized carbons (Fsp3) is 0.500. The van der Waals surface area contributed by atoms with Crippen molar-refractivity contribution in [1.29, 1.82) is 0 Å². The predicted molar refractivity (Wildman–Crippen MR) is 92.3 cm³/mol. The lowest BCUT2D eigenvalue weighted by atomic mass is 10.1. The predicted octanol–water partition coefficient (Wildman–Crippen LogP) is 0.333. The molecule has 1 N–H and O–H groups in total. The number of fused-ring (bicyclic) bond motifs is 1. The summed E-state index contributed by atoms with van der Waals surface area (Å²) in [6, 6.07) is 1.69. The minimum atomic E-state index is -4.00. The van der Waals surface area contributed by atoms with Crippen LogP contribution in [0.3, 0.4) is 0 Å². The number of hydrogen-bond donors (Lipinski definition) is 1. The van der Waals surface area contributed by atoms with E-state index in [1.54, 1.807) is 24.8 Å². The number of carbonyl (C=O) groups excluding carboxylic acids is 1. The monoisotopic (exact) mass is 366 g/mol. The summed E-state index contributed by atoms with van der Waals surface area (Å²) in [5.74, 6) is -0.816. The number of pyridine rings is 1. The van der Waals surface area contributed by atoms with Crippen LogP contribution in [0.4, 0.5) is 0 Å². The van der Waals surface area contributed by atoms with Gasteiger partial charge in [-0.25, -0.2) is 4.98 Å². The van der Waals surface area contributed by atoms with E-state index >= 15 is 0 Å². The molecule has 2 aliphatic rings. The van der Waals surface area contributed by atoms with Crippen molar-refractivity contribution in [3.8, 4) is 0 Å². The van der Waals surface area contributed by atoms with E-state index in [4.69, 9.17) is 0 Å². The van der Waals surface area contributed by atoms with Gasteiger partial charge in [-0.05, 0) is 32.5 Å². The molecule has 1 aromatic heterocycles. The van der Waals surface area contributed by atoms with Crippen LogP contribution in [0.2, 0.25) is 0 Å². The molecule has 0 spiro atoms. The van der Waals surface area contributed by atoms with Crippen molar-refractivity contribution in [2.24, 2.45) is 0 Å². The van der Waals surface area contributed by atoms with Crippen LogP contribution < -0.4 is 0 Å². The number of aliphatic hydroxyl groups is 1. The van der Waals surface area contributed by atoms with Crippen molar-refractivity contribution in [1.82, 2.24) is 19.1 Å². The molecular formula is C16H22N4O4S. The summed E-state index contributed by atoms with van der Waals surface area (Å²) in [7, 11) is -0.759. The number of carbonyl (C=O) groups is 1. The minimum absolute atomic E-state index is 0.112. The van der Waals surface area contributed by atoms with Gasteiger partial charge in [-0.2, -0.15) is 8.42 Å². The lowest BCUT2D eigenvalue weighted by Crippen LogP contribution is -2.50. The minimum Gasteiger partial charge on any atom is -0.505 e. The molecule has 3 heterocycles. The van der Waals surface area contributed by atoms with E-state index in [0.717, 1.165) is 4.31 Å². The Labute approximate surface area is 147 Å². The molecule has 1 fully saturated rings.